The molecule has 7 nitrogen and oxygen atoms in total. The van der Waals surface area contributed by atoms with Crippen molar-refractivity contribution in [2.24, 2.45) is 10.7 Å². The molecule has 0 aliphatic carbocycles. The summed E-state index contributed by atoms with van der Waals surface area (Å²) in [5, 5.41) is 9.84. The average Bonchev–Trinajstić information content (AvgIpc) is 3.25. The first-order valence-electron chi connectivity index (χ1n) is 11.9. The lowest BCUT2D eigenvalue weighted by molar-refractivity contribution is -0.155. The van der Waals surface area contributed by atoms with Crippen LogP contribution in [0.5, 0.6) is 0 Å². The van der Waals surface area contributed by atoms with Gasteiger partial charge in [0.25, 0.3) is 0 Å². The molecule has 0 fully saturated rings. The van der Waals surface area contributed by atoms with Crippen LogP contribution < -0.4 is 5.73 Å². The smallest absolute Gasteiger partial charge is 0.308 e. The van der Waals surface area contributed by atoms with E-state index in [9.17, 15) is 4.79 Å². The number of fused-ring (bicyclic) bond motifs is 3. The van der Waals surface area contributed by atoms with Crippen molar-refractivity contribution in [1.82, 2.24) is 14.8 Å². The Kier molecular flexibility index (Phi) is 6.94. The third-order valence-electron chi connectivity index (χ3n) is 5.98. The topological polar surface area (TPSA) is 95.4 Å². The maximum Gasteiger partial charge on any atom is 0.308 e. The Morgan fingerprint density at radius 1 is 1.17 bits per heavy atom. The molecule has 0 unspecified atom stereocenters. The van der Waals surface area contributed by atoms with E-state index in [4.69, 9.17) is 15.5 Å². The number of aliphatic imine (C=N–C) groups is 1. The fraction of sp³-hybridized carbons (Fsp3) is 0.407. The molecule has 0 saturated carbocycles. The van der Waals surface area contributed by atoms with Crippen LogP contribution in [-0.4, -0.2) is 32.0 Å². The molecule has 1 aromatic carbocycles. The van der Waals surface area contributed by atoms with Gasteiger partial charge in [0.15, 0.2) is 5.82 Å². The molecular formula is C27H33N5O2S. The SMILES string of the molecule is Cc1sc2c(c1C)C(c1ccc(CCC=CN)cc1)=N[C@@H](CC(=O)OC(C)(C)C)c1nnc(C)n1-2. The fourth-order valence-corrected chi connectivity index (χ4v) is 5.46. The highest BCUT2D eigenvalue weighted by molar-refractivity contribution is 7.15. The highest BCUT2D eigenvalue weighted by Gasteiger charge is 2.33. The number of nitrogens with zero attached hydrogens (tertiary/aromatic N) is 4. The lowest BCUT2D eigenvalue weighted by atomic mass is 9.98. The van der Waals surface area contributed by atoms with Crippen molar-refractivity contribution in [3.63, 3.8) is 0 Å². The van der Waals surface area contributed by atoms with Crippen LogP contribution in [-0.2, 0) is 16.0 Å². The molecule has 1 aliphatic heterocycles. The Morgan fingerprint density at radius 3 is 2.54 bits per heavy atom. The van der Waals surface area contributed by atoms with Crippen LogP contribution >= 0.6 is 11.3 Å². The Hall–Kier alpha value is -3.26. The largest absolute Gasteiger partial charge is 0.460 e. The Morgan fingerprint density at radius 2 is 1.89 bits per heavy atom. The van der Waals surface area contributed by atoms with E-state index in [1.54, 1.807) is 17.5 Å². The number of allylic oxidation sites excluding steroid dienone is 1. The highest BCUT2D eigenvalue weighted by atomic mass is 32.1. The standard InChI is InChI=1S/C27H33N5O2S/c1-16-17(2)35-26-23(16)24(20-12-10-19(11-13-20)9-7-8-14-28)29-21(15-22(33)34-27(4,5)6)25-31-30-18(3)32(25)26/h8,10-14,21H,7,9,15,28H2,1-6H3/t21-/m0/s1. The van der Waals surface area contributed by atoms with Gasteiger partial charge in [-0.25, -0.2) is 0 Å². The number of hydrogen-bond donors (Lipinski definition) is 1. The minimum Gasteiger partial charge on any atom is -0.460 e. The zero-order chi connectivity index (χ0) is 25.3. The highest BCUT2D eigenvalue weighted by Crippen LogP contribution is 2.39. The summed E-state index contributed by atoms with van der Waals surface area (Å²) < 4.78 is 7.69. The van der Waals surface area contributed by atoms with Gasteiger partial charge in [-0.15, -0.1) is 21.5 Å². The van der Waals surface area contributed by atoms with Gasteiger partial charge in [0, 0.05) is 16.0 Å². The third kappa shape index (κ3) is 5.22. The number of carbonyl (C=O) groups is 1. The second kappa shape index (κ2) is 9.77. The van der Waals surface area contributed by atoms with Crippen LogP contribution in [0.4, 0.5) is 0 Å². The maximum absolute atomic E-state index is 12.8. The maximum atomic E-state index is 12.8. The molecule has 35 heavy (non-hydrogen) atoms. The number of rotatable bonds is 6. The second-order valence-corrected chi connectivity index (χ2v) is 11.1. The van der Waals surface area contributed by atoms with Gasteiger partial charge in [0.2, 0.25) is 0 Å². The van der Waals surface area contributed by atoms with Crippen molar-refractivity contribution in [1.29, 1.82) is 0 Å². The zero-order valence-corrected chi connectivity index (χ0v) is 22.1. The van der Waals surface area contributed by atoms with Crippen LogP contribution in [0.2, 0.25) is 0 Å². The molecule has 0 saturated heterocycles. The first-order valence-corrected chi connectivity index (χ1v) is 12.7. The van der Waals surface area contributed by atoms with Gasteiger partial charge < -0.3 is 10.5 Å². The Labute approximate surface area is 210 Å². The number of nitrogens with two attached hydrogens (primary N) is 1. The summed E-state index contributed by atoms with van der Waals surface area (Å²) >= 11 is 1.70. The zero-order valence-electron chi connectivity index (χ0n) is 21.3. The summed E-state index contributed by atoms with van der Waals surface area (Å²) in [6.07, 6.45) is 5.46. The van der Waals surface area contributed by atoms with Gasteiger partial charge in [-0.05, 0) is 71.7 Å². The van der Waals surface area contributed by atoms with E-state index in [1.165, 1.54) is 16.0 Å². The number of aromatic nitrogens is 3. The van der Waals surface area contributed by atoms with Crippen LogP contribution in [0.25, 0.3) is 5.00 Å². The summed E-state index contributed by atoms with van der Waals surface area (Å²) in [7, 11) is 0. The summed E-state index contributed by atoms with van der Waals surface area (Å²) in [6, 6.07) is 7.99. The molecule has 0 amide bonds. The summed E-state index contributed by atoms with van der Waals surface area (Å²) in [4.78, 5) is 19.2. The number of thiophene rings is 1. The minimum atomic E-state index is -0.570. The summed E-state index contributed by atoms with van der Waals surface area (Å²) in [5.41, 5.74) is 10.3. The summed E-state index contributed by atoms with van der Waals surface area (Å²) in [6.45, 7) is 11.8. The van der Waals surface area contributed by atoms with Gasteiger partial charge in [0.05, 0.1) is 12.1 Å². The number of aryl methyl sites for hydroxylation is 3. The van der Waals surface area contributed by atoms with E-state index < -0.39 is 11.6 Å². The van der Waals surface area contributed by atoms with Gasteiger partial charge in [0.1, 0.15) is 22.5 Å². The van der Waals surface area contributed by atoms with Gasteiger partial charge in [-0.3, -0.25) is 14.4 Å². The average molecular weight is 492 g/mol. The fourth-order valence-electron chi connectivity index (χ4n) is 4.24. The molecule has 4 rings (SSSR count). The number of esters is 1. The van der Waals surface area contributed by atoms with Crippen molar-refractivity contribution in [2.45, 2.75) is 72.4 Å². The van der Waals surface area contributed by atoms with E-state index >= 15 is 0 Å². The van der Waals surface area contributed by atoms with Crippen LogP contribution in [0.15, 0.2) is 41.5 Å². The molecule has 3 heterocycles. The molecule has 0 radical (unpaired) electrons. The van der Waals surface area contributed by atoms with Crippen LogP contribution in [0.3, 0.4) is 0 Å². The van der Waals surface area contributed by atoms with Crippen molar-refractivity contribution in [2.75, 3.05) is 0 Å². The van der Waals surface area contributed by atoms with Gasteiger partial charge >= 0.3 is 5.97 Å². The molecule has 0 spiro atoms. The second-order valence-electron chi connectivity index (χ2n) is 9.85. The lowest BCUT2D eigenvalue weighted by Crippen LogP contribution is -2.25. The van der Waals surface area contributed by atoms with E-state index in [2.05, 4.69) is 52.9 Å². The van der Waals surface area contributed by atoms with Crippen LogP contribution in [0.1, 0.15) is 78.4 Å². The third-order valence-corrected chi connectivity index (χ3v) is 7.18. The Balaban J connectivity index is 1.82. The molecule has 8 heteroatoms. The van der Waals surface area contributed by atoms with Gasteiger partial charge in [-0.2, -0.15) is 0 Å². The first-order chi connectivity index (χ1) is 16.6. The minimum absolute atomic E-state index is 0.0926. The molecule has 2 aromatic heterocycles. The first kappa shape index (κ1) is 24.9. The van der Waals surface area contributed by atoms with Crippen LogP contribution in [0, 0.1) is 20.8 Å². The summed E-state index contributed by atoms with van der Waals surface area (Å²) in [5.74, 6) is 1.13. The molecule has 1 aliphatic rings. The number of hydrogen-bond acceptors (Lipinski definition) is 7. The number of ether oxygens (including phenoxy) is 1. The van der Waals surface area contributed by atoms with Crippen molar-refractivity contribution in [3.05, 3.63) is 75.3 Å². The molecule has 2 N–H and O–H groups in total. The van der Waals surface area contributed by atoms with Crippen molar-refractivity contribution >= 4 is 23.0 Å². The molecular weight excluding hydrogens is 458 g/mol. The number of benzene rings is 1. The predicted molar refractivity (Wildman–Crippen MR) is 140 cm³/mol. The molecule has 1 atom stereocenters. The van der Waals surface area contributed by atoms with Crippen molar-refractivity contribution in [3.8, 4) is 5.00 Å². The Bertz CT molecular complexity index is 1290. The van der Waals surface area contributed by atoms with E-state index in [0.717, 1.165) is 40.5 Å². The molecule has 184 valence electrons. The van der Waals surface area contributed by atoms with E-state index in [1.807, 2.05) is 33.8 Å². The molecule has 0 bridgehead atoms. The van der Waals surface area contributed by atoms with E-state index in [-0.39, 0.29) is 12.4 Å². The normalized spacial score (nSPS) is 15.5. The van der Waals surface area contributed by atoms with Gasteiger partial charge in [-0.1, -0.05) is 30.3 Å². The monoisotopic (exact) mass is 491 g/mol. The lowest BCUT2D eigenvalue weighted by Gasteiger charge is -2.21. The predicted octanol–water partition coefficient (Wildman–Crippen LogP) is 5.28. The quantitative estimate of drug-likeness (QED) is 0.473. The van der Waals surface area contributed by atoms with E-state index in [0.29, 0.717) is 5.82 Å². The molecule has 3 aromatic rings. The van der Waals surface area contributed by atoms with Crippen molar-refractivity contribution < 1.29 is 9.53 Å². The number of carbonyl (C=O) groups excluding carboxylic acids is 1.